The predicted molar refractivity (Wildman–Crippen MR) is 76.1 cm³/mol. The topological polar surface area (TPSA) is 46.6 Å². The van der Waals surface area contributed by atoms with Gasteiger partial charge in [0.15, 0.2) is 0 Å². The molecular weight excluding hydrogens is 254 g/mol. The van der Waals surface area contributed by atoms with Crippen LogP contribution in [-0.2, 0) is 9.53 Å². The summed E-state index contributed by atoms with van der Waals surface area (Å²) in [6.45, 7) is 3.95. The number of rotatable bonds is 5. The molecule has 0 aliphatic carbocycles. The van der Waals surface area contributed by atoms with Crippen LogP contribution in [0.5, 0.6) is 0 Å². The molecule has 2 atom stereocenters. The molecule has 2 amide bonds. The van der Waals surface area contributed by atoms with Crippen LogP contribution in [0.3, 0.4) is 0 Å². The van der Waals surface area contributed by atoms with Crippen molar-refractivity contribution in [2.75, 3.05) is 0 Å². The highest BCUT2D eigenvalue weighted by Gasteiger charge is 2.42. The predicted octanol–water partition coefficient (Wildman–Crippen LogP) is 3.68. The van der Waals surface area contributed by atoms with Crippen molar-refractivity contribution >= 4 is 12.0 Å². The van der Waals surface area contributed by atoms with E-state index in [1.54, 1.807) is 0 Å². The van der Waals surface area contributed by atoms with Crippen molar-refractivity contribution in [3.8, 4) is 0 Å². The van der Waals surface area contributed by atoms with Crippen LogP contribution in [-0.4, -0.2) is 22.9 Å². The molecule has 1 aromatic carbocycles. The van der Waals surface area contributed by atoms with Gasteiger partial charge < -0.3 is 4.74 Å². The van der Waals surface area contributed by atoms with E-state index in [9.17, 15) is 9.59 Å². The summed E-state index contributed by atoms with van der Waals surface area (Å²) in [6, 6.07) is 9.31. The van der Waals surface area contributed by atoms with Gasteiger partial charge in [-0.2, -0.15) is 0 Å². The Labute approximate surface area is 119 Å². The molecule has 2 rings (SSSR count). The molecule has 0 saturated carbocycles. The monoisotopic (exact) mass is 275 g/mol. The number of benzene rings is 1. The zero-order valence-electron chi connectivity index (χ0n) is 12.0. The van der Waals surface area contributed by atoms with Gasteiger partial charge >= 0.3 is 6.09 Å². The quantitative estimate of drug-likeness (QED) is 0.770. The summed E-state index contributed by atoms with van der Waals surface area (Å²) in [6.07, 6.45) is 2.41. The highest BCUT2D eigenvalue weighted by Crippen LogP contribution is 2.32. The van der Waals surface area contributed by atoms with Crippen LogP contribution in [0.15, 0.2) is 30.3 Å². The maximum atomic E-state index is 12.1. The minimum absolute atomic E-state index is 0.130. The van der Waals surface area contributed by atoms with E-state index in [0.717, 1.165) is 24.8 Å². The zero-order chi connectivity index (χ0) is 14.5. The first-order valence-electron chi connectivity index (χ1n) is 7.22. The Bertz CT molecular complexity index is 472. The molecule has 1 fully saturated rings. The Morgan fingerprint density at radius 1 is 1.25 bits per heavy atom. The minimum Gasteiger partial charge on any atom is -0.439 e. The lowest BCUT2D eigenvalue weighted by Crippen LogP contribution is -2.37. The third-order valence-corrected chi connectivity index (χ3v) is 3.66. The largest absolute Gasteiger partial charge is 0.439 e. The van der Waals surface area contributed by atoms with E-state index in [4.69, 9.17) is 4.74 Å². The number of carbonyl (C=O) groups is 2. The molecule has 0 aromatic heterocycles. The Balaban J connectivity index is 2.05. The normalized spacial score (nSPS) is 21.9. The van der Waals surface area contributed by atoms with Gasteiger partial charge in [0, 0.05) is 6.42 Å². The summed E-state index contributed by atoms with van der Waals surface area (Å²) in [7, 11) is 0. The summed E-state index contributed by atoms with van der Waals surface area (Å²) >= 11 is 0. The Morgan fingerprint density at radius 2 is 1.95 bits per heavy atom. The van der Waals surface area contributed by atoms with E-state index >= 15 is 0 Å². The summed E-state index contributed by atoms with van der Waals surface area (Å²) in [5, 5.41) is 0. The van der Waals surface area contributed by atoms with Gasteiger partial charge in [0.1, 0.15) is 6.10 Å². The van der Waals surface area contributed by atoms with Crippen LogP contribution < -0.4 is 0 Å². The summed E-state index contributed by atoms with van der Waals surface area (Å²) in [5.74, 6) is -0.130. The van der Waals surface area contributed by atoms with Gasteiger partial charge in [-0.05, 0) is 18.9 Å². The fourth-order valence-corrected chi connectivity index (χ4v) is 2.53. The lowest BCUT2D eigenvalue weighted by atomic mass is 10.0. The van der Waals surface area contributed by atoms with E-state index in [1.165, 1.54) is 4.90 Å². The second-order valence-corrected chi connectivity index (χ2v) is 5.18. The maximum Gasteiger partial charge on any atom is 0.417 e. The van der Waals surface area contributed by atoms with Gasteiger partial charge in [-0.3, -0.25) is 4.79 Å². The highest BCUT2D eigenvalue weighted by atomic mass is 16.6. The summed E-state index contributed by atoms with van der Waals surface area (Å²) in [4.78, 5) is 25.3. The summed E-state index contributed by atoms with van der Waals surface area (Å²) in [5.41, 5.74) is 0.928. The molecule has 4 nitrogen and oxygen atoms in total. The second-order valence-electron chi connectivity index (χ2n) is 5.18. The number of carbonyl (C=O) groups excluding carboxylic acids is 2. The van der Waals surface area contributed by atoms with Crippen LogP contribution in [0.25, 0.3) is 0 Å². The van der Waals surface area contributed by atoms with E-state index < -0.39 is 6.09 Å². The number of hydrogen-bond acceptors (Lipinski definition) is 3. The van der Waals surface area contributed by atoms with Crippen molar-refractivity contribution in [3.05, 3.63) is 35.9 Å². The molecule has 4 heteroatoms. The van der Waals surface area contributed by atoms with Crippen molar-refractivity contribution < 1.29 is 14.3 Å². The van der Waals surface area contributed by atoms with Crippen LogP contribution in [0.4, 0.5) is 4.79 Å². The average molecular weight is 275 g/mol. The number of nitrogens with zero attached hydrogens (tertiary/aromatic N) is 1. The van der Waals surface area contributed by atoms with E-state index in [1.807, 2.05) is 37.3 Å². The molecule has 1 aromatic rings. The van der Waals surface area contributed by atoms with Crippen molar-refractivity contribution in [1.82, 2.24) is 4.90 Å². The maximum absolute atomic E-state index is 12.1. The molecule has 0 radical (unpaired) electrons. The number of hydrogen-bond donors (Lipinski definition) is 0. The third kappa shape index (κ3) is 3.00. The number of imide groups is 1. The standard InChI is InChI=1S/C16H21NO3/c1-3-4-6-11-14(18)17-12(2)15(20-16(17)19)13-9-7-5-8-10-13/h5,7-10,12,15H,3-4,6,11H2,1-2H3. The molecule has 0 spiro atoms. The number of amides is 2. The summed E-state index contributed by atoms with van der Waals surface area (Å²) < 4.78 is 5.37. The van der Waals surface area contributed by atoms with Crippen LogP contribution in [0.1, 0.15) is 51.2 Å². The van der Waals surface area contributed by atoms with Gasteiger partial charge in [0.25, 0.3) is 0 Å². The van der Waals surface area contributed by atoms with Gasteiger partial charge in [-0.1, -0.05) is 50.1 Å². The van der Waals surface area contributed by atoms with Gasteiger partial charge in [0.2, 0.25) is 5.91 Å². The Kier molecular flexibility index (Phi) is 4.77. The average Bonchev–Trinajstić information content (AvgIpc) is 2.75. The SMILES string of the molecule is CCCCCC(=O)N1C(=O)OC(c2ccccc2)C1C. The fourth-order valence-electron chi connectivity index (χ4n) is 2.53. The third-order valence-electron chi connectivity index (χ3n) is 3.66. The van der Waals surface area contributed by atoms with Crippen LogP contribution >= 0.6 is 0 Å². The van der Waals surface area contributed by atoms with Crippen LogP contribution in [0, 0.1) is 0 Å². The molecule has 0 N–H and O–H groups in total. The molecule has 108 valence electrons. The molecule has 2 unspecified atom stereocenters. The van der Waals surface area contributed by atoms with Crippen molar-refractivity contribution in [2.24, 2.45) is 0 Å². The number of cyclic esters (lactones) is 1. The lowest BCUT2D eigenvalue weighted by molar-refractivity contribution is -0.129. The van der Waals surface area contributed by atoms with Gasteiger partial charge in [-0.15, -0.1) is 0 Å². The Morgan fingerprint density at radius 3 is 2.60 bits per heavy atom. The molecule has 1 heterocycles. The molecular formula is C16H21NO3. The second kappa shape index (κ2) is 6.55. The minimum atomic E-state index is -0.521. The molecule has 1 aliphatic heterocycles. The fraction of sp³-hybridized carbons (Fsp3) is 0.500. The molecule has 20 heavy (non-hydrogen) atoms. The number of ether oxygens (including phenoxy) is 1. The first-order chi connectivity index (χ1) is 9.65. The Hall–Kier alpha value is -1.84. The zero-order valence-corrected chi connectivity index (χ0v) is 12.0. The highest BCUT2D eigenvalue weighted by molar-refractivity contribution is 5.93. The van der Waals surface area contributed by atoms with E-state index in [0.29, 0.717) is 6.42 Å². The van der Waals surface area contributed by atoms with Crippen molar-refractivity contribution in [2.45, 2.75) is 51.7 Å². The van der Waals surface area contributed by atoms with E-state index in [-0.39, 0.29) is 18.1 Å². The lowest BCUT2D eigenvalue weighted by Gasteiger charge is -2.19. The van der Waals surface area contributed by atoms with Crippen LogP contribution in [0.2, 0.25) is 0 Å². The van der Waals surface area contributed by atoms with Crippen molar-refractivity contribution in [3.63, 3.8) is 0 Å². The molecule has 1 aliphatic rings. The van der Waals surface area contributed by atoms with Gasteiger partial charge in [0.05, 0.1) is 6.04 Å². The van der Waals surface area contributed by atoms with Gasteiger partial charge in [-0.25, -0.2) is 9.69 Å². The first kappa shape index (κ1) is 14.6. The van der Waals surface area contributed by atoms with E-state index in [2.05, 4.69) is 6.92 Å². The smallest absolute Gasteiger partial charge is 0.417 e. The van der Waals surface area contributed by atoms with Crippen molar-refractivity contribution in [1.29, 1.82) is 0 Å². The number of unbranched alkanes of at least 4 members (excludes halogenated alkanes) is 2. The molecule has 1 saturated heterocycles. The molecule has 0 bridgehead atoms. The first-order valence-corrected chi connectivity index (χ1v) is 7.22.